The van der Waals surface area contributed by atoms with Gasteiger partial charge in [0.15, 0.2) is 0 Å². The highest BCUT2D eigenvalue weighted by atomic mass is 19.1. The van der Waals surface area contributed by atoms with Crippen LogP contribution < -0.4 is 10.1 Å². The highest BCUT2D eigenvalue weighted by molar-refractivity contribution is 6.04. The molecule has 0 aliphatic carbocycles. The predicted molar refractivity (Wildman–Crippen MR) is 85.3 cm³/mol. The van der Waals surface area contributed by atoms with Gasteiger partial charge in [0.2, 0.25) is 0 Å². The number of hydrogen-bond acceptors (Lipinski definition) is 3. The van der Waals surface area contributed by atoms with E-state index in [0.29, 0.717) is 23.6 Å². The third-order valence-electron chi connectivity index (χ3n) is 3.66. The molecule has 4 nitrogen and oxygen atoms in total. The first-order valence-corrected chi connectivity index (χ1v) is 7.62. The molecular weight excluding hydrogens is 297 g/mol. The van der Waals surface area contributed by atoms with Crippen molar-refractivity contribution in [1.29, 1.82) is 0 Å². The van der Waals surface area contributed by atoms with Gasteiger partial charge in [-0.25, -0.2) is 4.39 Å². The van der Waals surface area contributed by atoms with Gasteiger partial charge in [0.1, 0.15) is 18.2 Å². The molecule has 0 bridgehead atoms. The summed E-state index contributed by atoms with van der Waals surface area (Å²) in [5.74, 6) is 0.0183. The number of carbonyl (C=O) groups is 1. The molecule has 1 aliphatic heterocycles. The van der Waals surface area contributed by atoms with Crippen LogP contribution in [0.3, 0.4) is 0 Å². The zero-order valence-corrected chi connectivity index (χ0v) is 12.6. The van der Waals surface area contributed by atoms with Gasteiger partial charge in [-0.05, 0) is 49.2 Å². The van der Waals surface area contributed by atoms with Crippen molar-refractivity contribution >= 4 is 11.6 Å². The van der Waals surface area contributed by atoms with Gasteiger partial charge in [-0.15, -0.1) is 0 Å². The van der Waals surface area contributed by atoms with Crippen LogP contribution in [0.4, 0.5) is 10.1 Å². The molecule has 3 rings (SSSR count). The summed E-state index contributed by atoms with van der Waals surface area (Å²) >= 11 is 0. The Balaban J connectivity index is 1.60. The molecule has 23 heavy (non-hydrogen) atoms. The predicted octanol–water partition coefficient (Wildman–Crippen LogP) is 3.64. The van der Waals surface area contributed by atoms with Crippen LogP contribution in [0.2, 0.25) is 0 Å². The third-order valence-corrected chi connectivity index (χ3v) is 3.66. The molecule has 1 amide bonds. The molecule has 1 saturated heterocycles. The van der Waals surface area contributed by atoms with Gasteiger partial charge < -0.3 is 14.8 Å². The van der Waals surface area contributed by atoms with Crippen molar-refractivity contribution in [2.75, 3.05) is 18.5 Å². The fourth-order valence-corrected chi connectivity index (χ4v) is 2.43. The Hall–Kier alpha value is -2.40. The summed E-state index contributed by atoms with van der Waals surface area (Å²) in [6.07, 6.45) is 2.23. The Labute approximate surface area is 134 Å². The number of hydrogen-bond donors (Lipinski definition) is 1. The summed E-state index contributed by atoms with van der Waals surface area (Å²) < 4.78 is 24.1. The number of nitrogens with one attached hydrogen (secondary N) is 1. The molecule has 0 spiro atoms. The standard InChI is InChI=1S/C18H18FNO3/c19-14-8-6-13(7-9-14)18(21)20-15-3-1-4-16(11-15)23-12-17-5-2-10-22-17/h1,3-4,6-9,11,17H,2,5,10,12H2,(H,20,21)/t17-/m1/s1. The fraction of sp³-hybridized carbons (Fsp3) is 0.278. The lowest BCUT2D eigenvalue weighted by Crippen LogP contribution is -2.16. The van der Waals surface area contributed by atoms with E-state index in [1.54, 1.807) is 12.1 Å². The van der Waals surface area contributed by atoms with E-state index in [4.69, 9.17) is 9.47 Å². The largest absolute Gasteiger partial charge is 0.491 e. The maximum Gasteiger partial charge on any atom is 0.255 e. The van der Waals surface area contributed by atoms with Gasteiger partial charge in [0, 0.05) is 23.9 Å². The average Bonchev–Trinajstić information content (AvgIpc) is 3.07. The summed E-state index contributed by atoms with van der Waals surface area (Å²) in [6, 6.07) is 12.6. The van der Waals surface area contributed by atoms with Gasteiger partial charge in [-0.1, -0.05) is 6.07 Å². The SMILES string of the molecule is O=C(Nc1cccc(OC[C@H]2CCCO2)c1)c1ccc(F)cc1. The molecule has 0 saturated carbocycles. The number of benzene rings is 2. The van der Waals surface area contributed by atoms with Gasteiger partial charge in [-0.2, -0.15) is 0 Å². The molecule has 1 aliphatic rings. The van der Waals surface area contributed by atoms with E-state index in [9.17, 15) is 9.18 Å². The van der Waals surface area contributed by atoms with E-state index in [2.05, 4.69) is 5.32 Å². The second-order valence-electron chi connectivity index (χ2n) is 5.43. The van der Waals surface area contributed by atoms with Crippen LogP contribution in [0, 0.1) is 5.82 Å². The second-order valence-corrected chi connectivity index (χ2v) is 5.43. The van der Waals surface area contributed by atoms with Crippen molar-refractivity contribution < 1.29 is 18.7 Å². The topological polar surface area (TPSA) is 47.6 Å². The van der Waals surface area contributed by atoms with Crippen LogP contribution in [0.1, 0.15) is 23.2 Å². The molecule has 5 heteroatoms. The molecule has 0 unspecified atom stereocenters. The van der Waals surface area contributed by atoms with E-state index in [0.717, 1.165) is 19.4 Å². The maximum atomic E-state index is 12.9. The van der Waals surface area contributed by atoms with Crippen molar-refractivity contribution in [1.82, 2.24) is 0 Å². The maximum absolute atomic E-state index is 12.9. The third kappa shape index (κ3) is 4.29. The summed E-state index contributed by atoms with van der Waals surface area (Å²) in [7, 11) is 0. The lowest BCUT2D eigenvalue weighted by atomic mass is 10.2. The van der Waals surface area contributed by atoms with Crippen LogP contribution in [0.25, 0.3) is 0 Å². The first kappa shape index (κ1) is 15.5. The summed E-state index contributed by atoms with van der Waals surface area (Å²) in [6.45, 7) is 1.30. The minimum atomic E-state index is -0.369. The lowest BCUT2D eigenvalue weighted by Gasteiger charge is -2.12. The van der Waals surface area contributed by atoms with Gasteiger partial charge >= 0.3 is 0 Å². The first-order valence-electron chi connectivity index (χ1n) is 7.62. The van der Waals surface area contributed by atoms with Crippen molar-refractivity contribution in [3.05, 3.63) is 59.9 Å². The molecular formula is C18H18FNO3. The summed E-state index contributed by atoms with van der Waals surface area (Å²) in [5, 5.41) is 2.77. The monoisotopic (exact) mass is 315 g/mol. The molecule has 2 aromatic rings. The van der Waals surface area contributed by atoms with Gasteiger partial charge in [0.25, 0.3) is 5.91 Å². The quantitative estimate of drug-likeness (QED) is 0.916. The van der Waals surface area contributed by atoms with Crippen molar-refractivity contribution in [3.8, 4) is 5.75 Å². The highest BCUT2D eigenvalue weighted by Gasteiger charge is 2.16. The van der Waals surface area contributed by atoms with E-state index >= 15 is 0 Å². The number of anilines is 1. The molecule has 0 aromatic heterocycles. The summed E-state index contributed by atoms with van der Waals surface area (Å²) in [4.78, 5) is 12.1. The number of ether oxygens (including phenoxy) is 2. The Morgan fingerprint density at radius 2 is 2.09 bits per heavy atom. The van der Waals surface area contributed by atoms with Crippen molar-refractivity contribution in [2.45, 2.75) is 18.9 Å². The highest BCUT2D eigenvalue weighted by Crippen LogP contribution is 2.20. The summed E-state index contributed by atoms with van der Waals surface area (Å²) in [5.41, 5.74) is 1.03. The van der Waals surface area contributed by atoms with Crippen molar-refractivity contribution in [2.24, 2.45) is 0 Å². The Morgan fingerprint density at radius 3 is 2.83 bits per heavy atom. The Morgan fingerprint density at radius 1 is 1.26 bits per heavy atom. The molecule has 1 heterocycles. The van der Waals surface area contributed by atoms with Crippen LogP contribution >= 0.6 is 0 Å². The Kier molecular flexibility index (Phi) is 4.88. The molecule has 2 aromatic carbocycles. The van der Waals surface area contributed by atoms with Crippen LogP contribution in [-0.4, -0.2) is 25.2 Å². The van der Waals surface area contributed by atoms with Crippen LogP contribution in [0.5, 0.6) is 5.75 Å². The normalized spacial score (nSPS) is 17.0. The number of rotatable bonds is 5. The lowest BCUT2D eigenvalue weighted by molar-refractivity contribution is 0.0680. The van der Waals surface area contributed by atoms with E-state index < -0.39 is 0 Å². The minimum absolute atomic E-state index is 0.146. The molecule has 1 N–H and O–H groups in total. The van der Waals surface area contributed by atoms with Crippen LogP contribution in [0.15, 0.2) is 48.5 Å². The first-order chi connectivity index (χ1) is 11.2. The fourth-order valence-electron chi connectivity index (χ4n) is 2.43. The smallest absolute Gasteiger partial charge is 0.255 e. The zero-order chi connectivity index (χ0) is 16.1. The number of amides is 1. The molecule has 1 atom stereocenters. The van der Waals surface area contributed by atoms with Gasteiger partial charge in [-0.3, -0.25) is 4.79 Å². The van der Waals surface area contributed by atoms with E-state index in [1.165, 1.54) is 24.3 Å². The number of halogens is 1. The minimum Gasteiger partial charge on any atom is -0.491 e. The van der Waals surface area contributed by atoms with Crippen LogP contribution in [-0.2, 0) is 4.74 Å². The van der Waals surface area contributed by atoms with Gasteiger partial charge in [0.05, 0.1) is 6.10 Å². The second kappa shape index (κ2) is 7.24. The van der Waals surface area contributed by atoms with E-state index in [-0.39, 0.29) is 17.8 Å². The van der Waals surface area contributed by atoms with E-state index in [1.807, 2.05) is 12.1 Å². The van der Waals surface area contributed by atoms with Crippen molar-refractivity contribution in [3.63, 3.8) is 0 Å². The molecule has 1 fully saturated rings. The molecule has 120 valence electrons. The Bertz CT molecular complexity index is 666. The average molecular weight is 315 g/mol. The zero-order valence-electron chi connectivity index (χ0n) is 12.6. The molecule has 0 radical (unpaired) electrons. The number of carbonyl (C=O) groups excluding carboxylic acids is 1.